The lowest BCUT2D eigenvalue weighted by molar-refractivity contribution is 0.0348. The maximum absolute atomic E-state index is 13.3. The highest BCUT2D eigenvalue weighted by atomic mass is 19.3. The largest absolute Gasteiger partial charge is 0.493 e. The summed E-state index contributed by atoms with van der Waals surface area (Å²) in [5.74, 6) is -0.862. The van der Waals surface area contributed by atoms with Gasteiger partial charge in [-0.3, -0.25) is 9.47 Å². The van der Waals surface area contributed by atoms with Crippen LogP contribution in [0.2, 0.25) is 0 Å². The zero-order valence-electron chi connectivity index (χ0n) is 26.2. The first-order chi connectivity index (χ1) is 20.1. The zero-order chi connectivity index (χ0) is 31.7. The highest BCUT2D eigenvalue weighted by molar-refractivity contribution is 5.97. The number of hydrogen-bond acceptors (Lipinski definition) is 7. The molecule has 8 nitrogen and oxygen atoms in total. The molecule has 0 unspecified atom stereocenters. The van der Waals surface area contributed by atoms with Crippen LogP contribution in [-0.2, 0) is 9.47 Å². The fourth-order valence-corrected chi connectivity index (χ4v) is 5.10. The van der Waals surface area contributed by atoms with E-state index in [2.05, 4.69) is 0 Å². The molecular weight excluding hydrogens is 522 g/mol. The van der Waals surface area contributed by atoms with Crippen molar-refractivity contribution in [3.8, 4) is 11.5 Å². The van der Waals surface area contributed by atoms with Crippen LogP contribution in [0.25, 0.3) is 10.9 Å². The Hall–Kier alpha value is -3.66. The van der Waals surface area contributed by atoms with Gasteiger partial charge in [0.1, 0.15) is 11.7 Å². The van der Waals surface area contributed by atoms with Gasteiger partial charge in [-0.05, 0) is 69.5 Å². The minimum atomic E-state index is -2.80. The molecule has 1 aromatic heterocycles. The summed E-state index contributed by atoms with van der Waals surface area (Å²) in [5, 5.41) is 0.430. The number of alkyl halides is 2. The Balaban J connectivity index is 1.79. The fraction of sp³-hybridized carbons (Fsp3) is 0.467. The second kappa shape index (κ2) is 11.8. The first-order valence-corrected chi connectivity index (χ1v) is 13.0. The van der Waals surface area contributed by atoms with Crippen LogP contribution < -0.4 is 9.47 Å². The fourth-order valence-electron chi connectivity index (χ4n) is 5.10. The molecule has 10 heteroatoms. The van der Waals surface area contributed by atoms with Crippen molar-refractivity contribution < 1.29 is 41.4 Å². The van der Waals surface area contributed by atoms with Gasteiger partial charge in [0.25, 0.3) is 6.43 Å². The summed E-state index contributed by atoms with van der Waals surface area (Å²) in [6, 6.07) is 9.76. The molecule has 1 aliphatic heterocycles. The highest BCUT2D eigenvalue weighted by Gasteiger charge is 2.34. The van der Waals surface area contributed by atoms with E-state index in [1.54, 1.807) is 62.9 Å². The molecule has 0 saturated carbocycles. The van der Waals surface area contributed by atoms with Crippen LogP contribution in [0.4, 0.5) is 13.6 Å². The van der Waals surface area contributed by atoms with Gasteiger partial charge in [-0.15, -0.1) is 0 Å². The number of aromatic nitrogens is 1. The van der Waals surface area contributed by atoms with Crippen LogP contribution >= 0.6 is 0 Å². The van der Waals surface area contributed by atoms with E-state index in [1.807, 2.05) is 0 Å². The number of aryl methyl sites for hydroxylation is 1. The molecule has 0 aliphatic carbocycles. The Morgan fingerprint density at radius 3 is 2.52 bits per heavy atom. The van der Waals surface area contributed by atoms with Gasteiger partial charge in [-0.2, -0.15) is 0 Å². The number of carbonyl (C=O) groups excluding carboxylic acids is 2. The van der Waals surface area contributed by atoms with Crippen LogP contribution in [0.1, 0.15) is 58.7 Å². The smallest absolute Gasteiger partial charge is 0.419 e. The van der Waals surface area contributed by atoms with E-state index in [4.69, 9.17) is 23.1 Å². The van der Waals surface area contributed by atoms with E-state index in [-0.39, 0.29) is 18.0 Å². The number of rotatable bonds is 7. The molecule has 0 bridgehead atoms. The van der Waals surface area contributed by atoms with Gasteiger partial charge in [-0.1, -0.05) is 12.1 Å². The molecule has 1 saturated heterocycles. The average molecular weight is 562 g/mol. The summed E-state index contributed by atoms with van der Waals surface area (Å²) in [6.07, 6.45) is -1.88. The van der Waals surface area contributed by atoms with Crippen molar-refractivity contribution in [2.24, 2.45) is 0 Å². The van der Waals surface area contributed by atoms with Gasteiger partial charge in [-0.25, -0.2) is 18.4 Å². The molecule has 3 aromatic rings. The Labute approximate surface area is 237 Å². The molecule has 0 radical (unpaired) electrons. The van der Waals surface area contributed by atoms with E-state index in [0.717, 1.165) is 5.56 Å². The lowest BCUT2D eigenvalue weighted by atomic mass is 9.87. The summed E-state index contributed by atoms with van der Waals surface area (Å²) < 4.78 is 73.5. The average Bonchev–Trinajstić information content (AvgIpc) is 3.35. The number of ether oxygens (including phenoxy) is 4. The molecular formula is C30H36F2N2O6. The SMILES string of the molecule is [2H]C([2H])([2H])Oc1cc(C)c2c(ccn2C(=O)OC(C)(C)C)c1O[C@@H]1CCN(CC(F)F)C[C@H]1c1ccc(C(=O)OC)cc1. The number of nitrogens with zero attached hydrogens (tertiary/aromatic N) is 2. The number of methoxy groups -OCH3 is 2. The highest BCUT2D eigenvalue weighted by Crippen LogP contribution is 2.42. The van der Waals surface area contributed by atoms with E-state index >= 15 is 0 Å². The third kappa shape index (κ3) is 6.38. The summed E-state index contributed by atoms with van der Waals surface area (Å²) >= 11 is 0. The lowest BCUT2D eigenvalue weighted by Crippen LogP contribution is -2.45. The Morgan fingerprint density at radius 1 is 1.18 bits per heavy atom. The third-order valence-electron chi connectivity index (χ3n) is 6.83. The monoisotopic (exact) mass is 561 g/mol. The maximum atomic E-state index is 13.3. The molecule has 2 heterocycles. The molecule has 2 atom stereocenters. The first-order valence-electron chi connectivity index (χ1n) is 14.5. The van der Waals surface area contributed by atoms with Crippen LogP contribution in [0.15, 0.2) is 42.6 Å². The van der Waals surface area contributed by atoms with Gasteiger partial charge in [0.2, 0.25) is 0 Å². The molecule has 40 heavy (non-hydrogen) atoms. The van der Waals surface area contributed by atoms with Crippen molar-refractivity contribution in [1.29, 1.82) is 0 Å². The van der Waals surface area contributed by atoms with E-state index in [1.165, 1.54) is 23.9 Å². The lowest BCUT2D eigenvalue weighted by Gasteiger charge is -2.39. The molecule has 0 amide bonds. The second-order valence-corrected chi connectivity index (χ2v) is 10.9. The number of fused-ring (bicyclic) bond motifs is 1. The molecule has 1 fully saturated rings. The third-order valence-corrected chi connectivity index (χ3v) is 6.83. The summed E-state index contributed by atoms with van der Waals surface area (Å²) in [4.78, 5) is 26.7. The number of likely N-dealkylation sites (tertiary alicyclic amines) is 1. The van der Waals surface area contributed by atoms with Gasteiger partial charge in [0.05, 0.1) is 35.9 Å². The standard InChI is InChI=1S/C30H36F2N2O6/c1-18-15-24(37-5)27(21-11-14-34(26(18)21)29(36)40-30(2,3)4)39-23-12-13-33(17-25(31)32)16-22(23)19-7-9-20(10-8-19)28(35)38-6/h7-11,14-15,22-23,25H,12-13,16-17H2,1-6H3/t22-,23+/m0/s1/i5D3. The topological polar surface area (TPSA) is 79.2 Å². The van der Waals surface area contributed by atoms with E-state index in [9.17, 15) is 18.4 Å². The molecule has 4 rings (SSSR count). The van der Waals surface area contributed by atoms with Gasteiger partial charge < -0.3 is 18.9 Å². The van der Waals surface area contributed by atoms with Crippen molar-refractivity contribution in [2.75, 3.05) is 33.8 Å². The number of piperidine rings is 1. The van der Waals surface area contributed by atoms with Crippen molar-refractivity contribution >= 4 is 23.0 Å². The van der Waals surface area contributed by atoms with Crippen LogP contribution in [0.5, 0.6) is 11.5 Å². The van der Waals surface area contributed by atoms with E-state index < -0.39 is 49.7 Å². The second-order valence-electron chi connectivity index (χ2n) is 10.9. The molecule has 0 N–H and O–H groups in total. The predicted octanol–water partition coefficient (Wildman–Crippen LogP) is 6.03. The number of halogens is 2. The first kappa shape index (κ1) is 25.3. The Kier molecular flexibility index (Phi) is 7.49. The maximum Gasteiger partial charge on any atom is 0.419 e. The predicted molar refractivity (Wildman–Crippen MR) is 147 cm³/mol. The minimum absolute atomic E-state index is 0.0401. The normalized spacial score (nSPS) is 19.6. The van der Waals surface area contributed by atoms with Gasteiger partial charge >= 0.3 is 12.1 Å². The van der Waals surface area contributed by atoms with Crippen molar-refractivity contribution in [3.05, 3.63) is 59.3 Å². The quantitative estimate of drug-likeness (QED) is 0.326. The minimum Gasteiger partial charge on any atom is -0.493 e. The van der Waals surface area contributed by atoms with E-state index in [0.29, 0.717) is 35.0 Å². The van der Waals surface area contributed by atoms with Crippen LogP contribution in [-0.4, -0.2) is 73.4 Å². The number of esters is 1. The summed E-state index contributed by atoms with van der Waals surface area (Å²) in [6.45, 7) is 7.10. The van der Waals surface area contributed by atoms with Crippen molar-refractivity contribution in [1.82, 2.24) is 9.47 Å². The van der Waals surface area contributed by atoms with Crippen LogP contribution in [0.3, 0.4) is 0 Å². The van der Waals surface area contributed by atoms with Crippen LogP contribution in [0, 0.1) is 6.92 Å². The van der Waals surface area contributed by atoms with Gasteiger partial charge in [0.15, 0.2) is 11.5 Å². The number of benzene rings is 2. The van der Waals surface area contributed by atoms with Crippen molar-refractivity contribution in [2.45, 2.75) is 58.2 Å². The number of hydrogen-bond donors (Lipinski definition) is 0. The summed E-state index contributed by atoms with van der Waals surface area (Å²) in [7, 11) is -1.52. The molecule has 1 aliphatic rings. The molecule has 0 spiro atoms. The summed E-state index contributed by atoms with van der Waals surface area (Å²) in [5.41, 5.74) is 1.33. The zero-order valence-corrected chi connectivity index (χ0v) is 23.2. The Bertz CT molecular complexity index is 1470. The Morgan fingerprint density at radius 2 is 1.90 bits per heavy atom. The number of carbonyl (C=O) groups is 2. The van der Waals surface area contributed by atoms with Crippen molar-refractivity contribution in [3.63, 3.8) is 0 Å². The molecule has 216 valence electrons. The molecule has 2 aromatic carbocycles. The van der Waals surface area contributed by atoms with Gasteiger partial charge in [0, 0.05) is 30.6 Å².